The van der Waals surface area contributed by atoms with E-state index in [1.165, 1.54) is 0 Å². The van der Waals surface area contributed by atoms with Crippen molar-refractivity contribution in [1.82, 2.24) is 4.90 Å². The van der Waals surface area contributed by atoms with Crippen LogP contribution in [0.3, 0.4) is 0 Å². The Morgan fingerprint density at radius 2 is 1.81 bits per heavy atom. The molecule has 0 bridgehead atoms. The number of sulfonamides is 1. The predicted molar refractivity (Wildman–Crippen MR) is 141 cm³/mol. The van der Waals surface area contributed by atoms with Crippen molar-refractivity contribution in [2.45, 2.75) is 22.9 Å². The van der Waals surface area contributed by atoms with Gasteiger partial charge in [0.1, 0.15) is 16.1 Å². The molecule has 0 spiro atoms. The second-order valence-electron chi connectivity index (χ2n) is 8.92. The third kappa shape index (κ3) is 5.57. The van der Waals surface area contributed by atoms with E-state index < -0.39 is 33.6 Å². The lowest BCUT2D eigenvalue weighted by molar-refractivity contribution is -0.139. The first-order valence-electron chi connectivity index (χ1n) is 11.4. The maximum atomic E-state index is 13.6. The smallest absolute Gasteiger partial charge is 0.419 e. The van der Waals surface area contributed by atoms with Gasteiger partial charge >= 0.3 is 6.18 Å². The minimum absolute atomic E-state index is 0.0347. The fourth-order valence-electron chi connectivity index (χ4n) is 4.39. The molecule has 1 atom stereocenters. The summed E-state index contributed by atoms with van der Waals surface area (Å²) in [6, 6.07) is 17.8. The molecule has 1 aromatic heterocycles. The molecule has 0 radical (unpaired) electrons. The zero-order valence-corrected chi connectivity index (χ0v) is 21.9. The Kier molecular flexibility index (Phi) is 6.86. The van der Waals surface area contributed by atoms with Crippen LogP contribution in [0.25, 0.3) is 21.9 Å². The number of nitrogens with one attached hydrogen (secondary N) is 1. The van der Waals surface area contributed by atoms with Gasteiger partial charge in [-0.3, -0.25) is 4.72 Å². The Morgan fingerprint density at radius 3 is 2.51 bits per heavy atom. The minimum atomic E-state index is -4.65. The van der Waals surface area contributed by atoms with Crippen LogP contribution in [0.15, 0.2) is 70.9 Å². The normalized spacial score (nSPS) is 16.8. The van der Waals surface area contributed by atoms with Gasteiger partial charge in [-0.25, -0.2) is 8.42 Å². The van der Waals surface area contributed by atoms with E-state index in [4.69, 9.17) is 16.3 Å². The first-order chi connectivity index (χ1) is 17.5. The van der Waals surface area contributed by atoms with Crippen LogP contribution in [0.1, 0.15) is 12.0 Å². The Bertz CT molecular complexity index is 1570. The number of likely N-dealkylation sites (N-methyl/N-ethyl adjacent to an activating group) is 1. The Hall–Kier alpha value is -2.79. The third-order valence-corrected chi connectivity index (χ3v) is 9.33. The van der Waals surface area contributed by atoms with Gasteiger partial charge in [0.15, 0.2) is 0 Å². The molecule has 1 fully saturated rings. The van der Waals surface area contributed by atoms with E-state index in [0.29, 0.717) is 30.6 Å². The Labute approximate surface area is 221 Å². The van der Waals surface area contributed by atoms with Gasteiger partial charge < -0.3 is 9.64 Å². The van der Waals surface area contributed by atoms with E-state index >= 15 is 0 Å². The molecule has 0 saturated carbocycles. The molecular formula is C26H22ClF3N2O3S2. The molecule has 2 heterocycles. The SMILES string of the molecule is CN1CC[C@@H](Oc2cc(NS(=O)(=O)c3sc(Cl)cc3-c3ccc4ccccc4c3)ccc2C(F)(F)F)C1. The highest BCUT2D eigenvalue weighted by atomic mass is 35.5. The molecule has 3 aromatic carbocycles. The first kappa shape index (κ1) is 25.8. The first-order valence-corrected chi connectivity index (χ1v) is 14.1. The Balaban J connectivity index is 1.49. The topological polar surface area (TPSA) is 58.6 Å². The van der Waals surface area contributed by atoms with Gasteiger partial charge in [-0.1, -0.05) is 48.0 Å². The predicted octanol–water partition coefficient (Wildman–Crippen LogP) is 7.12. The standard InChI is InChI=1S/C26H22ClF3N2O3S2/c1-32-11-10-20(15-32)35-23-13-19(8-9-22(23)26(28,29)30)31-37(33,34)25-21(14-24(27)36-25)18-7-6-16-4-2-3-5-17(16)12-18/h2-9,12-14,20,31H,10-11,15H2,1H3/t20-/m1/s1. The highest BCUT2D eigenvalue weighted by Crippen LogP contribution is 2.41. The average molecular weight is 567 g/mol. The summed E-state index contributed by atoms with van der Waals surface area (Å²) in [5.74, 6) is -0.410. The fraction of sp³-hybridized carbons (Fsp3) is 0.231. The molecule has 11 heteroatoms. The largest absolute Gasteiger partial charge is 0.488 e. The number of rotatable bonds is 6. The molecule has 1 N–H and O–H groups in total. The molecule has 0 unspecified atom stereocenters. The molecule has 1 aliphatic heterocycles. The van der Waals surface area contributed by atoms with Crippen molar-refractivity contribution in [1.29, 1.82) is 0 Å². The van der Waals surface area contributed by atoms with E-state index in [1.807, 2.05) is 54.4 Å². The van der Waals surface area contributed by atoms with Crippen molar-refractivity contribution in [3.8, 4) is 16.9 Å². The van der Waals surface area contributed by atoms with Crippen molar-refractivity contribution in [3.05, 3.63) is 76.6 Å². The number of ether oxygens (including phenoxy) is 1. The van der Waals surface area contributed by atoms with Gasteiger partial charge in [-0.2, -0.15) is 13.2 Å². The number of likely N-dealkylation sites (tertiary alicyclic amines) is 1. The van der Waals surface area contributed by atoms with E-state index in [2.05, 4.69) is 4.72 Å². The minimum Gasteiger partial charge on any atom is -0.488 e. The Morgan fingerprint density at radius 1 is 1.05 bits per heavy atom. The van der Waals surface area contributed by atoms with Crippen LogP contribution in [0, 0.1) is 0 Å². The summed E-state index contributed by atoms with van der Waals surface area (Å²) in [6.45, 7) is 1.19. The van der Waals surface area contributed by atoms with Crippen molar-refractivity contribution in [2.24, 2.45) is 0 Å². The summed E-state index contributed by atoms with van der Waals surface area (Å²) in [4.78, 5) is 1.96. The highest BCUT2D eigenvalue weighted by Gasteiger charge is 2.36. The van der Waals surface area contributed by atoms with Gasteiger partial charge in [0.05, 0.1) is 15.6 Å². The number of anilines is 1. The van der Waals surface area contributed by atoms with Crippen LogP contribution < -0.4 is 9.46 Å². The number of hydrogen-bond donors (Lipinski definition) is 1. The lowest BCUT2D eigenvalue weighted by Crippen LogP contribution is -2.23. The van der Waals surface area contributed by atoms with Crippen molar-refractivity contribution in [3.63, 3.8) is 0 Å². The average Bonchev–Trinajstić information content (AvgIpc) is 3.43. The molecule has 0 aliphatic carbocycles. The lowest BCUT2D eigenvalue weighted by atomic mass is 10.0. The van der Waals surface area contributed by atoms with Crippen LogP contribution >= 0.6 is 22.9 Å². The molecular weight excluding hydrogens is 545 g/mol. The van der Waals surface area contributed by atoms with Crippen LogP contribution in [0.4, 0.5) is 18.9 Å². The van der Waals surface area contributed by atoms with E-state index in [-0.39, 0.29) is 14.2 Å². The van der Waals surface area contributed by atoms with Crippen molar-refractivity contribution < 1.29 is 26.3 Å². The monoisotopic (exact) mass is 566 g/mol. The second-order valence-corrected chi connectivity index (χ2v) is 12.5. The lowest BCUT2D eigenvalue weighted by Gasteiger charge is -2.19. The van der Waals surface area contributed by atoms with Gasteiger partial charge in [0.2, 0.25) is 0 Å². The zero-order chi connectivity index (χ0) is 26.4. The van der Waals surface area contributed by atoms with Crippen LogP contribution in [-0.4, -0.2) is 39.6 Å². The quantitative estimate of drug-likeness (QED) is 0.270. The molecule has 5 nitrogen and oxygen atoms in total. The number of thiophene rings is 1. The van der Waals surface area contributed by atoms with E-state index in [0.717, 1.165) is 40.3 Å². The summed E-state index contributed by atoms with van der Waals surface area (Å²) in [5.41, 5.74) is 0.0685. The zero-order valence-electron chi connectivity index (χ0n) is 19.5. The molecule has 5 rings (SSSR count). The van der Waals surface area contributed by atoms with Crippen LogP contribution in [0.5, 0.6) is 5.75 Å². The van der Waals surface area contributed by atoms with Crippen LogP contribution in [-0.2, 0) is 16.2 Å². The number of alkyl halides is 3. The molecule has 0 amide bonds. The maximum absolute atomic E-state index is 13.6. The molecule has 37 heavy (non-hydrogen) atoms. The number of fused-ring (bicyclic) bond motifs is 1. The van der Waals surface area contributed by atoms with Crippen LogP contribution in [0.2, 0.25) is 4.34 Å². The number of halogens is 4. The maximum Gasteiger partial charge on any atom is 0.419 e. The van der Waals surface area contributed by atoms with Gasteiger partial charge in [-0.05, 0) is 54.1 Å². The van der Waals surface area contributed by atoms with Gasteiger partial charge in [0, 0.05) is 24.7 Å². The summed E-state index contributed by atoms with van der Waals surface area (Å²) >= 11 is 7.10. The summed E-state index contributed by atoms with van der Waals surface area (Å²) in [5, 5.41) is 1.93. The summed E-state index contributed by atoms with van der Waals surface area (Å²) in [6.07, 6.45) is -4.50. The van der Waals surface area contributed by atoms with Gasteiger partial charge in [-0.15, -0.1) is 11.3 Å². The number of benzene rings is 3. The summed E-state index contributed by atoms with van der Waals surface area (Å²) < 4.78 is 76.1. The van der Waals surface area contributed by atoms with Crippen molar-refractivity contribution >= 4 is 49.4 Å². The summed E-state index contributed by atoms with van der Waals surface area (Å²) in [7, 11) is -2.33. The third-order valence-electron chi connectivity index (χ3n) is 6.15. The van der Waals surface area contributed by atoms with Crippen molar-refractivity contribution in [2.75, 3.05) is 24.9 Å². The number of nitrogens with zero attached hydrogens (tertiary/aromatic N) is 1. The van der Waals surface area contributed by atoms with Gasteiger partial charge in [0.25, 0.3) is 10.0 Å². The fourth-order valence-corrected chi connectivity index (χ4v) is 7.34. The second kappa shape index (κ2) is 9.83. The molecule has 194 valence electrons. The highest BCUT2D eigenvalue weighted by molar-refractivity contribution is 7.94. The van der Waals surface area contributed by atoms with E-state index in [1.54, 1.807) is 6.07 Å². The molecule has 1 saturated heterocycles. The van der Waals surface area contributed by atoms with E-state index in [9.17, 15) is 21.6 Å². The molecule has 4 aromatic rings. The molecule has 1 aliphatic rings. The number of hydrogen-bond acceptors (Lipinski definition) is 5.